The van der Waals surface area contributed by atoms with Crippen LogP contribution in [-0.4, -0.2) is 11.9 Å². The summed E-state index contributed by atoms with van der Waals surface area (Å²) in [4.78, 5) is 22.1. The third-order valence-electron chi connectivity index (χ3n) is 2.97. The van der Waals surface area contributed by atoms with Gasteiger partial charge in [0.05, 0.1) is 0 Å². The van der Waals surface area contributed by atoms with Gasteiger partial charge in [-0.2, -0.15) is 0 Å². The van der Waals surface area contributed by atoms with Crippen LogP contribution in [0, 0.1) is 5.82 Å². The van der Waals surface area contributed by atoms with E-state index in [9.17, 15) is 19.1 Å². The zero-order chi connectivity index (χ0) is 16.1. The Morgan fingerprint density at radius 1 is 1.09 bits per heavy atom. The molecule has 2 rings (SSSR count). The molecule has 114 valence electrons. The van der Waals surface area contributed by atoms with Gasteiger partial charge in [0.15, 0.2) is 0 Å². The summed E-state index contributed by atoms with van der Waals surface area (Å²) in [5.74, 6) is -2.23. The molecular formula is C16H12ClFNNaO3. The fourth-order valence-corrected chi connectivity index (χ4v) is 2.05. The summed E-state index contributed by atoms with van der Waals surface area (Å²) in [6.45, 7) is 0. The normalized spacial score (nSPS) is 9.83. The summed E-state index contributed by atoms with van der Waals surface area (Å²) >= 11 is 5.82. The first-order valence-corrected chi connectivity index (χ1v) is 6.88. The van der Waals surface area contributed by atoms with Gasteiger partial charge in [0, 0.05) is 28.7 Å². The van der Waals surface area contributed by atoms with Crippen molar-refractivity contribution in [2.24, 2.45) is 0 Å². The van der Waals surface area contributed by atoms with Gasteiger partial charge in [-0.15, -0.1) is 0 Å². The Labute approximate surface area is 159 Å². The Balaban J connectivity index is 0.00000264. The molecule has 7 heteroatoms. The predicted octanol–water partition coefficient (Wildman–Crippen LogP) is -0.381. The zero-order valence-corrected chi connectivity index (χ0v) is 15.2. The van der Waals surface area contributed by atoms with E-state index in [1.807, 2.05) is 0 Å². The van der Waals surface area contributed by atoms with E-state index in [0.717, 1.165) is 0 Å². The smallest absolute Gasteiger partial charge is 0.550 e. The van der Waals surface area contributed by atoms with Crippen LogP contribution in [0.2, 0.25) is 5.02 Å². The Morgan fingerprint density at radius 2 is 1.74 bits per heavy atom. The molecule has 0 fully saturated rings. The summed E-state index contributed by atoms with van der Waals surface area (Å²) in [5.41, 5.74) is 1.56. The monoisotopic (exact) mass is 343 g/mol. The van der Waals surface area contributed by atoms with Gasteiger partial charge in [-0.1, -0.05) is 23.7 Å². The number of anilines is 1. The van der Waals surface area contributed by atoms with E-state index in [0.29, 0.717) is 21.8 Å². The Kier molecular flexibility index (Phi) is 7.72. The molecule has 0 unspecified atom stereocenters. The summed E-state index contributed by atoms with van der Waals surface area (Å²) in [5, 5.41) is 13.5. The van der Waals surface area contributed by atoms with Crippen molar-refractivity contribution >= 4 is 29.2 Å². The number of hydrogen-bond acceptors (Lipinski definition) is 3. The van der Waals surface area contributed by atoms with E-state index in [-0.39, 0.29) is 42.4 Å². The quantitative estimate of drug-likeness (QED) is 0.752. The minimum atomic E-state index is -1.30. The minimum absolute atomic E-state index is 0. The Hall–Kier alpha value is -1.40. The van der Waals surface area contributed by atoms with Crippen LogP contribution in [0.5, 0.6) is 0 Å². The van der Waals surface area contributed by atoms with Gasteiger partial charge in [-0.25, -0.2) is 4.39 Å². The third-order valence-corrected chi connectivity index (χ3v) is 3.22. The second kappa shape index (κ2) is 9.03. The van der Waals surface area contributed by atoms with Crippen LogP contribution >= 0.6 is 11.6 Å². The maximum absolute atomic E-state index is 13.5. The van der Waals surface area contributed by atoms with E-state index >= 15 is 0 Å². The minimum Gasteiger partial charge on any atom is -0.550 e. The number of carbonyl (C=O) groups is 2. The number of nitrogens with one attached hydrogen (secondary N) is 1. The molecule has 0 aromatic heterocycles. The fourth-order valence-electron chi connectivity index (χ4n) is 1.92. The largest absolute Gasteiger partial charge is 1.00 e. The van der Waals surface area contributed by atoms with Crippen molar-refractivity contribution in [1.29, 1.82) is 0 Å². The van der Waals surface area contributed by atoms with Crippen LogP contribution < -0.4 is 40.0 Å². The molecule has 2 aromatic rings. The molecule has 0 aliphatic rings. The SMILES string of the molecule is O=C([O-])CCC(=O)Nc1ccc(F)cc1-c1ccc(Cl)cc1.[Na+]. The van der Waals surface area contributed by atoms with Gasteiger partial charge in [-0.05, 0) is 42.3 Å². The molecule has 0 atom stereocenters. The topological polar surface area (TPSA) is 69.2 Å². The van der Waals surface area contributed by atoms with Crippen LogP contribution in [0.4, 0.5) is 10.1 Å². The number of benzene rings is 2. The second-order valence-corrected chi connectivity index (χ2v) is 5.05. The molecule has 23 heavy (non-hydrogen) atoms. The van der Waals surface area contributed by atoms with Gasteiger partial charge in [0.1, 0.15) is 5.82 Å². The number of carboxylic acid groups (broad SMARTS) is 1. The zero-order valence-electron chi connectivity index (χ0n) is 12.4. The van der Waals surface area contributed by atoms with E-state index in [1.54, 1.807) is 24.3 Å². The van der Waals surface area contributed by atoms with Crippen molar-refractivity contribution in [3.8, 4) is 11.1 Å². The number of carbonyl (C=O) groups excluding carboxylic acids is 2. The summed E-state index contributed by atoms with van der Waals surface area (Å²) in [6.07, 6.45) is -0.580. The van der Waals surface area contributed by atoms with E-state index in [4.69, 9.17) is 11.6 Å². The Bertz CT molecular complexity index is 707. The number of carboxylic acids is 1. The van der Waals surface area contributed by atoms with Crippen molar-refractivity contribution in [1.82, 2.24) is 0 Å². The number of hydrogen-bond donors (Lipinski definition) is 1. The van der Waals surface area contributed by atoms with Crippen molar-refractivity contribution in [3.63, 3.8) is 0 Å². The average Bonchev–Trinajstić information content (AvgIpc) is 2.48. The summed E-state index contributed by atoms with van der Waals surface area (Å²) in [7, 11) is 0. The number of rotatable bonds is 5. The first-order chi connectivity index (χ1) is 10.5. The van der Waals surface area contributed by atoms with Gasteiger partial charge < -0.3 is 15.2 Å². The van der Waals surface area contributed by atoms with Gasteiger partial charge in [-0.3, -0.25) is 4.79 Å². The molecule has 0 bridgehead atoms. The summed E-state index contributed by atoms with van der Waals surface area (Å²) < 4.78 is 13.5. The third kappa shape index (κ3) is 5.95. The maximum Gasteiger partial charge on any atom is 1.00 e. The molecule has 0 saturated heterocycles. The van der Waals surface area contributed by atoms with Crippen molar-refractivity contribution < 1.29 is 48.6 Å². The number of aliphatic carboxylic acids is 1. The van der Waals surface area contributed by atoms with Gasteiger partial charge >= 0.3 is 29.6 Å². The van der Waals surface area contributed by atoms with Gasteiger partial charge in [0.2, 0.25) is 5.91 Å². The molecule has 0 heterocycles. The summed E-state index contributed by atoms with van der Waals surface area (Å²) in [6, 6.07) is 10.6. The first-order valence-electron chi connectivity index (χ1n) is 6.51. The molecule has 1 N–H and O–H groups in total. The van der Waals surface area contributed by atoms with Crippen LogP contribution in [-0.2, 0) is 9.59 Å². The molecule has 4 nitrogen and oxygen atoms in total. The molecule has 0 aliphatic carbocycles. The standard InChI is InChI=1S/C16H13ClFNO3.Na/c17-11-3-1-10(2-4-11)13-9-12(18)5-6-14(13)19-15(20)7-8-16(21)22;/h1-6,9H,7-8H2,(H,19,20)(H,21,22);/q;+1/p-1. The van der Waals surface area contributed by atoms with E-state index in [1.165, 1.54) is 18.2 Å². The number of halogens is 2. The molecular weight excluding hydrogens is 332 g/mol. The van der Waals surface area contributed by atoms with Gasteiger partial charge in [0.25, 0.3) is 0 Å². The van der Waals surface area contributed by atoms with Crippen molar-refractivity contribution in [2.45, 2.75) is 12.8 Å². The van der Waals surface area contributed by atoms with Crippen LogP contribution in [0.15, 0.2) is 42.5 Å². The molecule has 1 amide bonds. The Morgan fingerprint density at radius 3 is 2.35 bits per heavy atom. The van der Waals surface area contributed by atoms with Crippen LogP contribution in [0.1, 0.15) is 12.8 Å². The number of amides is 1. The van der Waals surface area contributed by atoms with E-state index in [2.05, 4.69) is 5.32 Å². The maximum atomic E-state index is 13.5. The first kappa shape index (κ1) is 19.6. The van der Waals surface area contributed by atoms with Crippen molar-refractivity contribution in [2.75, 3.05) is 5.32 Å². The molecule has 0 saturated carbocycles. The fraction of sp³-hybridized carbons (Fsp3) is 0.125. The second-order valence-electron chi connectivity index (χ2n) is 4.62. The molecule has 0 radical (unpaired) electrons. The van der Waals surface area contributed by atoms with Crippen LogP contribution in [0.25, 0.3) is 11.1 Å². The average molecular weight is 344 g/mol. The predicted molar refractivity (Wildman–Crippen MR) is 79.7 cm³/mol. The molecule has 0 spiro atoms. The van der Waals surface area contributed by atoms with Crippen molar-refractivity contribution in [3.05, 3.63) is 53.3 Å². The molecule has 2 aromatic carbocycles. The van der Waals surface area contributed by atoms with E-state index < -0.39 is 17.7 Å². The van der Waals surface area contributed by atoms with Crippen LogP contribution in [0.3, 0.4) is 0 Å². The molecule has 0 aliphatic heterocycles.